The van der Waals surface area contributed by atoms with E-state index in [2.05, 4.69) is 0 Å². The molecular weight excluding hydrogens is 213 g/mol. The van der Waals surface area contributed by atoms with Crippen LogP contribution in [0.15, 0.2) is 29.2 Å². The molecule has 0 unspecified atom stereocenters. The first kappa shape index (κ1) is 14.1. The van der Waals surface area contributed by atoms with Crippen molar-refractivity contribution in [2.45, 2.75) is 11.3 Å². The molecule has 0 saturated heterocycles. The topological polar surface area (TPSA) is 83.2 Å². The van der Waals surface area contributed by atoms with Gasteiger partial charge >= 0.3 is 29.6 Å². The van der Waals surface area contributed by atoms with Crippen LogP contribution in [0.3, 0.4) is 0 Å². The Morgan fingerprint density at radius 2 is 1.86 bits per heavy atom. The van der Waals surface area contributed by atoms with Gasteiger partial charge in [-0.05, 0) is 24.6 Å². The molecule has 0 atom stereocenters. The summed E-state index contributed by atoms with van der Waals surface area (Å²) in [4.78, 5) is -0.166. The van der Waals surface area contributed by atoms with Crippen LogP contribution in [0.25, 0.3) is 0 Å². The van der Waals surface area contributed by atoms with Crippen molar-refractivity contribution in [2.75, 3.05) is 6.54 Å². The summed E-state index contributed by atoms with van der Waals surface area (Å²) < 4.78 is 32.2. The van der Waals surface area contributed by atoms with E-state index in [-0.39, 0.29) is 34.5 Å². The average molecular weight is 223 g/mol. The molecule has 4 nitrogen and oxygen atoms in total. The summed E-state index contributed by atoms with van der Waals surface area (Å²) in [6.07, 6.45) is 0.400. The molecule has 0 saturated carbocycles. The summed E-state index contributed by atoms with van der Waals surface area (Å²) in [7, 11) is -4.36. The van der Waals surface area contributed by atoms with E-state index in [1.807, 2.05) is 0 Å². The molecule has 0 amide bonds. The van der Waals surface area contributed by atoms with Crippen molar-refractivity contribution in [2.24, 2.45) is 5.73 Å². The van der Waals surface area contributed by atoms with Gasteiger partial charge in [-0.1, -0.05) is 18.2 Å². The molecule has 0 bridgehead atoms. The normalized spacial score (nSPS) is 10.7. The maximum Gasteiger partial charge on any atom is 1.00 e. The Hall–Kier alpha value is 0.0900. The summed E-state index contributed by atoms with van der Waals surface area (Å²) >= 11 is 0. The molecule has 2 N–H and O–H groups in total. The first-order chi connectivity index (χ1) is 6.05. The van der Waals surface area contributed by atoms with Gasteiger partial charge in [0.05, 0.1) is 4.90 Å². The average Bonchev–Trinajstić information content (AvgIpc) is 2.04. The number of hydrogen-bond acceptors (Lipinski definition) is 4. The number of benzene rings is 1. The predicted octanol–water partition coefficient (Wildman–Crippen LogP) is -2.90. The maximum absolute atomic E-state index is 10.7. The molecule has 0 aromatic heterocycles. The van der Waals surface area contributed by atoms with Crippen molar-refractivity contribution in [3.05, 3.63) is 29.8 Å². The minimum absolute atomic E-state index is 0. The van der Waals surface area contributed by atoms with Crippen LogP contribution >= 0.6 is 0 Å². The number of nitrogens with two attached hydrogens (primary N) is 1. The van der Waals surface area contributed by atoms with Gasteiger partial charge in [-0.15, -0.1) is 0 Å². The van der Waals surface area contributed by atoms with Crippen LogP contribution in [0.1, 0.15) is 5.56 Å². The second kappa shape index (κ2) is 5.85. The van der Waals surface area contributed by atoms with Crippen molar-refractivity contribution in [1.29, 1.82) is 0 Å². The van der Waals surface area contributed by atoms with Crippen molar-refractivity contribution in [3.63, 3.8) is 0 Å². The fraction of sp³-hybridized carbons (Fsp3) is 0.250. The van der Waals surface area contributed by atoms with E-state index in [0.29, 0.717) is 18.5 Å². The van der Waals surface area contributed by atoms with Gasteiger partial charge in [-0.25, -0.2) is 8.42 Å². The minimum atomic E-state index is -4.36. The first-order valence-electron chi connectivity index (χ1n) is 3.79. The quantitative estimate of drug-likeness (QED) is 0.440. The molecule has 0 aliphatic heterocycles. The largest absolute Gasteiger partial charge is 1.00 e. The monoisotopic (exact) mass is 223 g/mol. The van der Waals surface area contributed by atoms with E-state index in [9.17, 15) is 13.0 Å². The molecule has 72 valence electrons. The molecule has 0 spiro atoms. The van der Waals surface area contributed by atoms with Gasteiger partial charge < -0.3 is 10.3 Å². The Kier molecular flexibility index (Phi) is 5.88. The van der Waals surface area contributed by atoms with Gasteiger partial charge in [0.25, 0.3) is 0 Å². The van der Waals surface area contributed by atoms with E-state index in [1.54, 1.807) is 12.1 Å². The van der Waals surface area contributed by atoms with Crippen molar-refractivity contribution >= 4 is 10.1 Å². The van der Waals surface area contributed by atoms with Gasteiger partial charge in [0.2, 0.25) is 0 Å². The smallest absolute Gasteiger partial charge is 0.744 e. The van der Waals surface area contributed by atoms with Crippen molar-refractivity contribution in [3.8, 4) is 0 Å². The van der Waals surface area contributed by atoms with E-state index >= 15 is 0 Å². The van der Waals surface area contributed by atoms with Gasteiger partial charge in [0, 0.05) is 0 Å². The van der Waals surface area contributed by atoms with Gasteiger partial charge in [-0.2, -0.15) is 0 Å². The first-order valence-corrected chi connectivity index (χ1v) is 5.20. The fourth-order valence-electron chi connectivity index (χ4n) is 1.11. The third-order valence-corrected chi connectivity index (χ3v) is 2.59. The Morgan fingerprint density at radius 1 is 1.29 bits per heavy atom. The van der Waals surface area contributed by atoms with Crippen molar-refractivity contribution < 1.29 is 42.5 Å². The summed E-state index contributed by atoms with van der Waals surface area (Å²) in [6, 6.07) is 6.09. The van der Waals surface area contributed by atoms with Crippen LogP contribution in [0.5, 0.6) is 0 Å². The van der Waals surface area contributed by atoms with E-state index in [4.69, 9.17) is 5.73 Å². The van der Waals surface area contributed by atoms with Crippen LogP contribution in [0.2, 0.25) is 0 Å². The zero-order chi connectivity index (χ0) is 9.90. The predicted molar refractivity (Wildman–Crippen MR) is 47.2 cm³/mol. The molecule has 0 aliphatic rings. The summed E-state index contributed by atoms with van der Waals surface area (Å²) in [5, 5.41) is 0. The fourth-order valence-corrected chi connectivity index (χ4v) is 1.85. The van der Waals surface area contributed by atoms with E-state index < -0.39 is 10.1 Å². The molecule has 14 heavy (non-hydrogen) atoms. The van der Waals surface area contributed by atoms with Crippen LogP contribution < -0.4 is 35.3 Å². The summed E-state index contributed by atoms with van der Waals surface area (Å²) in [5.41, 5.74) is 5.76. The van der Waals surface area contributed by atoms with Crippen LogP contribution in [-0.4, -0.2) is 19.5 Å². The zero-order valence-electron chi connectivity index (χ0n) is 7.93. The second-order valence-corrected chi connectivity index (χ2v) is 3.95. The molecule has 1 rings (SSSR count). The molecule has 0 radical (unpaired) electrons. The van der Waals surface area contributed by atoms with E-state index in [1.165, 1.54) is 12.1 Å². The summed E-state index contributed by atoms with van der Waals surface area (Å²) in [6.45, 7) is 0.326. The van der Waals surface area contributed by atoms with Crippen molar-refractivity contribution in [1.82, 2.24) is 0 Å². The van der Waals surface area contributed by atoms with Gasteiger partial charge in [0.15, 0.2) is 0 Å². The Morgan fingerprint density at radius 3 is 2.36 bits per heavy atom. The van der Waals surface area contributed by atoms with Gasteiger partial charge in [-0.3, -0.25) is 0 Å². The third kappa shape index (κ3) is 3.68. The Labute approximate surface area is 106 Å². The van der Waals surface area contributed by atoms with Crippen LogP contribution in [-0.2, 0) is 16.5 Å². The molecular formula is C8H10NNaO3S. The minimum Gasteiger partial charge on any atom is -0.744 e. The van der Waals surface area contributed by atoms with Gasteiger partial charge in [0.1, 0.15) is 10.1 Å². The molecule has 0 aliphatic carbocycles. The van der Waals surface area contributed by atoms with Crippen LogP contribution in [0.4, 0.5) is 0 Å². The van der Waals surface area contributed by atoms with Crippen LogP contribution in [0, 0.1) is 0 Å². The SMILES string of the molecule is NCCc1ccccc1S(=O)(=O)[O-].[Na+]. The molecule has 0 fully saturated rings. The Balaban J connectivity index is 0.00000169. The zero-order valence-corrected chi connectivity index (χ0v) is 10.8. The third-order valence-electron chi connectivity index (χ3n) is 1.66. The molecule has 1 aromatic carbocycles. The summed E-state index contributed by atoms with van der Waals surface area (Å²) in [5.74, 6) is 0. The second-order valence-electron chi connectivity index (χ2n) is 2.60. The molecule has 6 heteroatoms. The number of hydrogen-bond donors (Lipinski definition) is 1. The maximum atomic E-state index is 10.7. The molecule has 0 heterocycles. The standard InChI is InChI=1S/C8H11NO3S.Na/c9-6-5-7-3-1-2-4-8(7)13(10,11)12;/h1-4H,5-6,9H2,(H,10,11,12);/q;+1/p-1. The number of rotatable bonds is 3. The molecule has 1 aromatic rings. The van der Waals surface area contributed by atoms with E-state index in [0.717, 1.165) is 0 Å². The Bertz CT molecular complexity index is 391.